The molecule has 2 heteroatoms. The van der Waals surface area contributed by atoms with Crippen molar-refractivity contribution in [1.82, 2.24) is 0 Å². The van der Waals surface area contributed by atoms with Crippen LogP contribution in [-0.4, -0.2) is 18.2 Å². The van der Waals surface area contributed by atoms with Gasteiger partial charge in [0.15, 0.2) is 0 Å². The molecule has 0 aliphatic heterocycles. The Morgan fingerprint density at radius 2 is 1.69 bits per heavy atom. The molecule has 2 nitrogen and oxygen atoms in total. The van der Waals surface area contributed by atoms with E-state index in [4.69, 9.17) is 5.11 Å². The summed E-state index contributed by atoms with van der Waals surface area (Å²) in [6.07, 6.45) is 1.19. The number of hydrogen-bond donors (Lipinski definition) is 1. The van der Waals surface area contributed by atoms with Gasteiger partial charge in [-0.3, -0.25) is 0 Å². The summed E-state index contributed by atoms with van der Waals surface area (Å²) in [4.78, 5) is 2.29. The standard InChI is InChI=1S/C14H23NO/c1-11(2)9-12(3)15(4)14-7-5-13(10-16)6-8-14/h5-8,11-12,16H,9-10H2,1-4H3. The molecule has 1 rings (SSSR count). The fraction of sp³-hybridized carbons (Fsp3) is 0.571. The van der Waals surface area contributed by atoms with Crippen molar-refractivity contribution in [3.8, 4) is 0 Å². The van der Waals surface area contributed by atoms with Crippen molar-refractivity contribution < 1.29 is 5.11 Å². The molecule has 1 aromatic rings. The Morgan fingerprint density at radius 3 is 2.12 bits per heavy atom. The van der Waals surface area contributed by atoms with E-state index >= 15 is 0 Å². The molecule has 0 fully saturated rings. The third-order valence-corrected chi connectivity index (χ3v) is 3.00. The van der Waals surface area contributed by atoms with Gasteiger partial charge in [-0.1, -0.05) is 26.0 Å². The van der Waals surface area contributed by atoms with E-state index in [1.165, 1.54) is 12.1 Å². The van der Waals surface area contributed by atoms with Crippen molar-refractivity contribution in [2.45, 2.75) is 39.8 Å². The van der Waals surface area contributed by atoms with Crippen molar-refractivity contribution in [3.63, 3.8) is 0 Å². The number of nitrogens with zero attached hydrogens (tertiary/aromatic N) is 1. The minimum Gasteiger partial charge on any atom is -0.392 e. The van der Waals surface area contributed by atoms with E-state index in [1.807, 2.05) is 12.1 Å². The van der Waals surface area contributed by atoms with Crippen LogP contribution in [0.1, 0.15) is 32.8 Å². The Labute approximate surface area is 98.9 Å². The first-order chi connectivity index (χ1) is 7.54. The number of aliphatic hydroxyl groups is 1. The van der Waals surface area contributed by atoms with E-state index < -0.39 is 0 Å². The van der Waals surface area contributed by atoms with Gasteiger partial charge >= 0.3 is 0 Å². The zero-order valence-corrected chi connectivity index (χ0v) is 10.8. The summed E-state index contributed by atoms with van der Waals surface area (Å²) in [7, 11) is 2.13. The molecule has 0 amide bonds. The maximum absolute atomic E-state index is 8.98. The molecule has 1 aromatic carbocycles. The van der Waals surface area contributed by atoms with Crippen molar-refractivity contribution in [1.29, 1.82) is 0 Å². The number of aliphatic hydroxyl groups excluding tert-OH is 1. The van der Waals surface area contributed by atoms with E-state index in [-0.39, 0.29) is 6.61 Å². The summed E-state index contributed by atoms with van der Waals surface area (Å²) in [6.45, 7) is 6.86. The Morgan fingerprint density at radius 1 is 1.12 bits per heavy atom. The minimum atomic E-state index is 0.117. The van der Waals surface area contributed by atoms with E-state index in [0.717, 1.165) is 5.56 Å². The summed E-state index contributed by atoms with van der Waals surface area (Å²) in [6, 6.07) is 8.65. The van der Waals surface area contributed by atoms with Crippen LogP contribution < -0.4 is 4.90 Å². The molecule has 90 valence electrons. The number of anilines is 1. The second kappa shape index (κ2) is 5.90. The molecule has 1 unspecified atom stereocenters. The van der Waals surface area contributed by atoms with Crippen LogP contribution in [0, 0.1) is 5.92 Å². The highest BCUT2D eigenvalue weighted by Crippen LogP contribution is 2.19. The predicted molar refractivity (Wildman–Crippen MR) is 69.7 cm³/mol. The summed E-state index contributed by atoms with van der Waals surface area (Å²) < 4.78 is 0. The molecule has 1 N–H and O–H groups in total. The Hall–Kier alpha value is -1.02. The smallest absolute Gasteiger partial charge is 0.0681 e. The van der Waals surface area contributed by atoms with Crippen molar-refractivity contribution in [2.24, 2.45) is 5.92 Å². The normalized spacial score (nSPS) is 12.9. The topological polar surface area (TPSA) is 23.5 Å². The van der Waals surface area contributed by atoms with Crippen LogP contribution in [0.3, 0.4) is 0 Å². The number of benzene rings is 1. The summed E-state index contributed by atoms with van der Waals surface area (Å²) >= 11 is 0. The monoisotopic (exact) mass is 221 g/mol. The van der Waals surface area contributed by atoms with Gasteiger partial charge in [-0.15, -0.1) is 0 Å². The molecule has 1 atom stereocenters. The van der Waals surface area contributed by atoms with Gasteiger partial charge in [-0.2, -0.15) is 0 Å². The third kappa shape index (κ3) is 3.53. The van der Waals surface area contributed by atoms with E-state index in [0.29, 0.717) is 12.0 Å². The zero-order valence-electron chi connectivity index (χ0n) is 10.8. The lowest BCUT2D eigenvalue weighted by atomic mass is 10.0. The molecule has 16 heavy (non-hydrogen) atoms. The molecule has 0 saturated carbocycles. The highest BCUT2D eigenvalue weighted by Gasteiger charge is 2.11. The van der Waals surface area contributed by atoms with Crippen LogP contribution in [0.15, 0.2) is 24.3 Å². The van der Waals surface area contributed by atoms with Crippen molar-refractivity contribution in [2.75, 3.05) is 11.9 Å². The predicted octanol–water partition coefficient (Wildman–Crippen LogP) is 3.05. The lowest BCUT2D eigenvalue weighted by Gasteiger charge is -2.28. The molecule has 0 bridgehead atoms. The molecule has 0 radical (unpaired) electrons. The van der Waals surface area contributed by atoms with Gasteiger partial charge in [0, 0.05) is 18.8 Å². The minimum absolute atomic E-state index is 0.117. The van der Waals surface area contributed by atoms with Crippen LogP contribution in [0.25, 0.3) is 0 Å². The lowest BCUT2D eigenvalue weighted by molar-refractivity contribution is 0.282. The van der Waals surface area contributed by atoms with Gasteiger partial charge in [0.2, 0.25) is 0 Å². The molecule has 0 aliphatic rings. The van der Waals surface area contributed by atoms with Crippen molar-refractivity contribution in [3.05, 3.63) is 29.8 Å². The zero-order chi connectivity index (χ0) is 12.1. The van der Waals surface area contributed by atoms with E-state index in [1.54, 1.807) is 0 Å². The second-order valence-corrected chi connectivity index (χ2v) is 4.91. The third-order valence-electron chi connectivity index (χ3n) is 3.00. The fourth-order valence-electron chi connectivity index (χ4n) is 1.93. The first kappa shape index (κ1) is 13.0. The molecular formula is C14H23NO. The van der Waals surface area contributed by atoms with E-state index in [9.17, 15) is 0 Å². The first-order valence-electron chi connectivity index (χ1n) is 5.97. The number of hydrogen-bond acceptors (Lipinski definition) is 2. The summed E-state index contributed by atoms with van der Waals surface area (Å²) in [5.41, 5.74) is 2.18. The Bertz CT molecular complexity index is 305. The van der Waals surface area contributed by atoms with Crippen LogP contribution in [0.2, 0.25) is 0 Å². The highest BCUT2D eigenvalue weighted by atomic mass is 16.3. The second-order valence-electron chi connectivity index (χ2n) is 4.91. The first-order valence-corrected chi connectivity index (χ1v) is 5.97. The molecule has 0 spiro atoms. The Kier molecular flexibility index (Phi) is 4.81. The quantitative estimate of drug-likeness (QED) is 0.826. The van der Waals surface area contributed by atoms with Crippen LogP contribution >= 0.6 is 0 Å². The molecule has 0 heterocycles. The maximum atomic E-state index is 8.98. The van der Waals surface area contributed by atoms with Gasteiger partial charge in [0.1, 0.15) is 0 Å². The average molecular weight is 221 g/mol. The molecule has 0 aromatic heterocycles. The Balaban J connectivity index is 2.67. The van der Waals surface area contributed by atoms with Crippen molar-refractivity contribution >= 4 is 5.69 Å². The molecule has 0 aliphatic carbocycles. The fourth-order valence-corrected chi connectivity index (χ4v) is 1.93. The number of rotatable bonds is 5. The van der Waals surface area contributed by atoms with E-state index in [2.05, 4.69) is 44.9 Å². The van der Waals surface area contributed by atoms with Gasteiger partial charge < -0.3 is 10.0 Å². The van der Waals surface area contributed by atoms with Gasteiger partial charge in [0.05, 0.1) is 6.61 Å². The van der Waals surface area contributed by atoms with Gasteiger partial charge in [-0.05, 0) is 37.0 Å². The largest absolute Gasteiger partial charge is 0.392 e. The molecule has 0 saturated heterocycles. The van der Waals surface area contributed by atoms with Gasteiger partial charge in [-0.25, -0.2) is 0 Å². The summed E-state index contributed by atoms with van der Waals surface area (Å²) in [5.74, 6) is 0.717. The van der Waals surface area contributed by atoms with Crippen LogP contribution in [0.5, 0.6) is 0 Å². The van der Waals surface area contributed by atoms with Crippen LogP contribution in [-0.2, 0) is 6.61 Å². The maximum Gasteiger partial charge on any atom is 0.0681 e. The average Bonchev–Trinajstić information content (AvgIpc) is 2.27. The highest BCUT2D eigenvalue weighted by molar-refractivity contribution is 5.47. The molecular weight excluding hydrogens is 198 g/mol. The summed E-state index contributed by atoms with van der Waals surface area (Å²) in [5, 5.41) is 8.98. The lowest BCUT2D eigenvalue weighted by Crippen LogP contribution is -2.29. The van der Waals surface area contributed by atoms with Crippen LogP contribution in [0.4, 0.5) is 5.69 Å². The SMILES string of the molecule is CC(C)CC(C)N(C)c1ccc(CO)cc1. The van der Waals surface area contributed by atoms with Gasteiger partial charge in [0.25, 0.3) is 0 Å².